The first kappa shape index (κ1) is 32.3. The number of hydrogen-bond donors (Lipinski definition) is 0. The lowest BCUT2D eigenvalue weighted by Gasteiger charge is -2.24. The third kappa shape index (κ3) is 4.96. The molecule has 0 radical (unpaired) electrons. The quantitative estimate of drug-likeness (QED) is 0.178. The second kappa shape index (κ2) is 12.4. The number of furan rings is 1. The normalized spacial score (nSPS) is 13.0. The predicted octanol–water partition coefficient (Wildman–Crippen LogP) is 13.6. The molecule has 2 aromatic heterocycles. The van der Waals surface area contributed by atoms with Crippen molar-refractivity contribution in [2.75, 3.05) is 0 Å². The average Bonchev–Trinajstić information content (AvgIpc) is 3.76. The van der Waals surface area contributed by atoms with E-state index < -0.39 is 0 Å². The van der Waals surface area contributed by atoms with Gasteiger partial charge in [0.25, 0.3) is 0 Å². The van der Waals surface area contributed by atoms with E-state index in [0.29, 0.717) is 17.5 Å². The lowest BCUT2D eigenvalue weighted by molar-refractivity contribution is 0.659. The van der Waals surface area contributed by atoms with Gasteiger partial charge in [-0.1, -0.05) is 172 Å². The van der Waals surface area contributed by atoms with Crippen LogP contribution in [0.5, 0.6) is 0 Å². The third-order valence-electron chi connectivity index (χ3n) is 11.5. The van der Waals surface area contributed by atoms with Gasteiger partial charge in [-0.2, -0.15) is 0 Å². The number of nitrogens with zero attached hydrogens (tertiary/aromatic N) is 3. The zero-order chi connectivity index (χ0) is 37.4. The number of aromatic nitrogens is 3. The molecule has 56 heavy (non-hydrogen) atoms. The van der Waals surface area contributed by atoms with Gasteiger partial charge in [0.1, 0.15) is 11.2 Å². The third-order valence-corrected chi connectivity index (χ3v) is 11.5. The number of rotatable bonds is 5. The highest BCUT2D eigenvalue weighted by atomic mass is 16.3. The van der Waals surface area contributed by atoms with Gasteiger partial charge in [-0.05, 0) is 68.1 Å². The van der Waals surface area contributed by atoms with Crippen LogP contribution in [0.25, 0.3) is 100 Å². The molecule has 0 saturated heterocycles. The van der Waals surface area contributed by atoms with Crippen LogP contribution in [0.4, 0.5) is 0 Å². The van der Waals surface area contributed by atoms with Crippen molar-refractivity contribution in [3.8, 4) is 67.5 Å². The average molecular weight is 718 g/mol. The molecule has 2 heterocycles. The van der Waals surface area contributed by atoms with Crippen LogP contribution >= 0.6 is 0 Å². The zero-order valence-electron chi connectivity index (χ0n) is 31.0. The Kier molecular flexibility index (Phi) is 7.17. The van der Waals surface area contributed by atoms with E-state index in [4.69, 9.17) is 19.4 Å². The van der Waals surface area contributed by atoms with E-state index in [9.17, 15) is 0 Å². The molecule has 0 fully saturated rings. The molecule has 0 bridgehead atoms. The highest BCUT2D eigenvalue weighted by molar-refractivity contribution is 6.24. The summed E-state index contributed by atoms with van der Waals surface area (Å²) in [7, 11) is 0. The molecule has 0 spiro atoms. The number of benzene rings is 8. The Hall–Kier alpha value is -7.17. The van der Waals surface area contributed by atoms with Gasteiger partial charge in [0.05, 0.1) is 0 Å². The Morgan fingerprint density at radius 3 is 1.55 bits per heavy atom. The van der Waals surface area contributed by atoms with Gasteiger partial charge < -0.3 is 4.42 Å². The lowest BCUT2D eigenvalue weighted by Crippen LogP contribution is -2.16. The fraction of sp³-hybridized carbons (Fsp3) is 0.0577. The Bertz CT molecular complexity index is 3130. The van der Waals surface area contributed by atoms with Gasteiger partial charge in [0.2, 0.25) is 0 Å². The second-order valence-corrected chi connectivity index (χ2v) is 15.2. The van der Waals surface area contributed by atoms with Crippen LogP contribution in [0.1, 0.15) is 25.0 Å². The molecule has 0 unspecified atom stereocenters. The number of fused-ring (bicyclic) bond motifs is 10. The monoisotopic (exact) mass is 717 g/mol. The van der Waals surface area contributed by atoms with E-state index in [0.717, 1.165) is 55.3 Å². The van der Waals surface area contributed by atoms with E-state index in [1.165, 1.54) is 38.6 Å². The molecule has 4 heteroatoms. The summed E-state index contributed by atoms with van der Waals surface area (Å²) in [4.78, 5) is 15.5. The smallest absolute Gasteiger partial charge is 0.164 e. The first-order valence-electron chi connectivity index (χ1n) is 19.1. The largest absolute Gasteiger partial charge is 0.455 e. The van der Waals surface area contributed by atoms with Crippen molar-refractivity contribution in [1.82, 2.24) is 15.0 Å². The van der Waals surface area contributed by atoms with Crippen molar-refractivity contribution in [3.63, 3.8) is 0 Å². The molecule has 264 valence electrons. The van der Waals surface area contributed by atoms with Gasteiger partial charge in [-0.15, -0.1) is 0 Å². The Morgan fingerprint density at radius 1 is 0.411 bits per heavy atom. The first-order chi connectivity index (χ1) is 27.5. The van der Waals surface area contributed by atoms with Crippen molar-refractivity contribution >= 4 is 32.7 Å². The number of para-hydroxylation sites is 1. The SMILES string of the molecule is CC1(C)c2cc(-c3nc(-c4ccccc4)nc(-c4ccc(-c5ccccc5)cc4)n3)cc(-c3ccccc3)c2-c2c1c1c3ccccc3oc1c1ccccc21. The highest BCUT2D eigenvalue weighted by Gasteiger charge is 2.42. The van der Waals surface area contributed by atoms with Gasteiger partial charge in [0.15, 0.2) is 17.5 Å². The van der Waals surface area contributed by atoms with E-state index in [-0.39, 0.29) is 5.41 Å². The lowest BCUT2D eigenvalue weighted by atomic mass is 9.79. The topological polar surface area (TPSA) is 51.8 Å². The second-order valence-electron chi connectivity index (χ2n) is 15.2. The highest BCUT2D eigenvalue weighted by Crippen LogP contribution is 2.59. The van der Waals surface area contributed by atoms with Crippen LogP contribution in [0.3, 0.4) is 0 Å². The maximum atomic E-state index is 6.71. The van der Waals surface area contributed by atoms with Crippen molar-refractivity contribution in [2.45, 2.75) is 19.3 Å². The summed E-state index contributed by atoms with van der Waals surface area (Å²) < 4.78 is 6.71. The minimum atomic E-state index is -0.384. The maximum Gasteiger partial charge on any atom is 0.164 e. The molecule has 4 nitrogen and oxygen atoms in total. The van der Waals surface area contributed by atoms with Gasteiger partial charge in [-0.25, -0.2) is 15.0 Å². The van der Waals surface area contributed by atoms with E-state index >= 15 is 0 Å². The standard InChI is InChI=1S/C52H35N3O/c1-52(2)42-31-37(51-54-49(35-20-10-5-11-21-35)53-50(55-51)36-28-26-33(27-29-36)32-16-6-3-7-17-32)30-41(34-18-8-4-9-19-34)44(42)45-38-22-12-13-23-39(38)48-46(47(45)52)40-24-14-15-25-43(40)56-48/h3-31H,1-2H3. The molecule has 0 amide bonds. The van der Waals surface area contributed by atoms with Crippen LogP contribution in [-0.2, 0) is 5.41 Å². The minimum absolute atomic E-state index is 0.384. The Labute approximate surface area is 324 Å². The molecular weight excluding hydrogens is 683 g/mol. The molecule has 1 aliphatic carbocycles. The summed E-state index contributed by atoms with van der Waals surface area (Å²) in [6.07, 6.45) is 0. The molecular formula is C52H35N3O. The fourth-order valence-corrected chi connectivity index (χ4v) is 8.83. The molecule has 11 rings (SSSR count). The molecule has 0 saturated carbocycles. The van der Waals surface area contributed by atoms with Crippen LogP contribution in [0, 0.1) is 0 Å². The summed E-state index contributed by atoms with van der Waals surface area (Å²) in [5.41, 5.74) is 13.9. The fourth-order valence-electron chi connectivity index (χ4n) is 8.83. The summed E-state index contributed by atoms with van der Waals surface area (Å²) in [5, 5.41) is 4.64. The van der Waals surface area contributed by atoms with Crippen LogP contribution in [-0.4, -0.2) is 15.0 Å². The van der Waals surface area contributed by atoms with Gasteiger partial charge in [0, 0.05) is 38.3 Å². The summed E-state index contributed by atoms with van der Waals surface area (Å²) in [6.45, 7) is 4.71. The molecule has 0 N–H and O–H groups in total. The molecule has 1 aliphatic rings. The Balaban J connectivity index is 1.18. The maximum absolute atomic E-state index is 6.71. The van der Waals surface area contributed by atoms with E-state index in [2.05, 4.69) is 166 Å². The van der Waals surface area contributed by atoms with Gasteiger partial charge in [-0.3, -0.25) is 0 Å². The minimum Gasteiger partial charge on any atom is -0.455 e. The van der Waals surface area contributed by atoms with Crippen LogP contribution < -0.4 is 0 Å². The van der Waals surface area contributed by atoms with E-state index in [1.807, 2.05) is 24.3 Å². The summed E-state index contributed by atoms with van der Waals surface area (Å²) in [5.74, 6) is 1.91. The van der Waals surface area contributed by atoms with Crippen LogP contribution in [0.2, 0.25) is 0 Å². The Morgan fingerprint density at radius 2 is 0.893 bits per heavy atom. The molecule has 8 aromatic carbocycles. The van der Waals surface area contributed by atoms with Crippen LogP contribution in [0.15, 0.2) is 180 Å². The molecule has 10 aromatic rings. The molecule has 0 atom stereocenters. The first-order valence-corrected chi connectivity index (χ1v) is 19.1. The summed E-state index contributed by atoms with van der Waals surface area (Å²) >= 11 is 0. The zero-order valence-corrected chi connectivity index (χ0v) is 31.0. The van der Waals surface area contributed by atoms with E-state index in [1.54, 1.807) is 0 Å². The van der Waals surface area contributed by atoms with Crippen molar-refractivity contribution < 1.29 is 4.42 Å². The molecule has 0 aliphatic heterocycles. The van der Waals surface area contributed by atoms with Crippen molar-refractivity contribution in [1.29, 1.82) is 0 Å². The number of hydrogen-bond acceptors (Lipinski definition) is 4. The van der Waals surface area contributed by atoms with Crippen molar-refractivity contribution in [2.24, 2.45) is 0 Å². The van der Waals surface area contributed by atoms with Crippen molar-refractivity contribution in [3.05, 3.63) is 187 Å². The summed E-state index contributed by atoms with van der Waals surface area (Å²) in [6, 6.07) is 61.6. The van der Waals surface area contributed by atoms with Gasteiger partial charge >= 0.3 is 0 Å². The predicted molar refractivity (Wildman–Crippen MR) is 229 cm³/mol.